The lowest BCUT2D eigenvalue weighted by atomic mass is 10.0. The third kappa shape index (κ3) is 4.02. The lowest BCUT2D eigenvalue weighted by molar-refractivity contribution is -0.132. The number of nitrogens with zero attached hydrogens (tertiary/aromatic N) is 2. The van der Waals surface area contributed by atoms with Crippen molar-refractivity contribution in [1.82, 2.24) is 9.80 Å². The molecule has 1 saturated heterocycles. The summed E-state index contributed by atoms with van der Waals surface area (Å²) in [5.41, 5.74) is 1.10. The zero-order valence-corrected chi connectivity index (χ0v) is 15.6. The molecule has 0 aliphatic carbocycles. The van der Waals surface area contributed by atoms with Crippen LogP contribution in [-0.4, -0.2) is 50.1 Å². The highest BCUT2D eigenvalue weighted by molar-refractivity contribution is 5.78. The average Bonchev–Trinajstić information content (AvgIpc) is 3.33. The topological polar surface area (TPSA) is 55.2 Å². The standard InChI is InChI=1S/C20H26N2O4/c1-21(13-16-6-5-11-26-16)20(23)14-22-10-4-7-18(22)17-9-8-15(24-2)12-19(17)25-3/h5-6,8-9,11-12,18H,4,7,10,13-14H2,1-3H3. The molecule has 2 aromatic rings. The lowest BCUT2D eigenvalue weighted by Gasteiger charge is -2.27. The Morgan fingerprint density at radius 1 is 1.31 bits per heavy atom. The molecule has 0 N–H and O–H groups in total. The normalized spacial score (nSPS) is 17.3. The Morgan fingerprint density at radius 3 is 2.85 bits per heavy atom. The van der Waals surface area contributed by atoms with Crippen molar-refractivity contribution in [3.63, 3.8) is 0 Å². The quantitative estimate of drug-likeness (QED) is 0.761. The number of hydrogen-bond donors (Lipinski definition) is 0. The summed E-state index contributed by atoms with van der Waals surface area (Å²) in [6.07, 6.45) is 3.70. The number of amides is 1. The van der Waals surface area contributed by atoms with Gasteiger partial charge in [0.05, 0.1) is 33.6 Å². The number of likely N-dealkylation sites (tertiary alicyclic amines) is 1. The van der Waals surface area contributed by atoms with Gasteiger partial charge in [0.25, 0.3) is 0 Å². The first-order valence-electron chi connectivity index (χ1n) is 8.84. The van der Waals surface area contributed by atoms with Crippen LogP contribution < -0.4 is 9.47 Å². The SMILES string of the molecule is COc1ccc(C2CCCN2CC(=O)N(C)Cc2ccco2)c(OC)c1. The Labute approximate surface area is 154 Å². The summed E-state index contributed by atoms with van der Waals surface area (Å²) in [6.45, 7) is 1.77. The van der Waals surface area contributed by atoms with Gasteiger partial charge in [-0.1, -0.05) is 6.07 Å². The highest BCUT2D eigenvalue weighted by Gasteiger charge is 2.30. The Morgan fingerprint density at radius 2 is 2.15 bits per heavy atom. The van der Waals surface area contributed by atoms with Crippen LogP contribution in [0.1, 0.15) is 30.2 Å². The second-order valence-corrected chi connectivity index (χ2v) is 6.57. The Balaban J connectivity index is 1.69. The molecule has 0 saturated carbocycles. The first kappa shape index (κ1) is 18.3. The van der Waals surface area contributed by atoms with Gasteiger partial charge in [0.15, 0.2) is 0 Å². The van der Waals surface area contributed by atoms with Crippen LogP contribution in [0.4, 0.5) is 0 Å². The molecule has 6 nitrogen and oxygen atoms in total. The first-order valence-corrected chi connectivity index (χ1v) is 8.84. The van der Waals surface area contributed by atoms with Crippen molar-refractivity contribution in [1.29, 1.82) is 0 Å². The molecule has 3 rings (SSSR count). The van der Waals surface area contributed by atoms with E-state index >= 15 is 0 Å². The van der Waals surface area contributed by atoms with Gasteiger partial charge in [0, 0.05) is 24.7 Å². The van der Waals surface area contributed by atoms with Crippen LogP contribution >= 0.6 is 0 Å². The van der Waals surface area contributed by atoms with Gasteiger partial charge in [-0.25, -0.2) is 0 Å². The van der Waals surface area contributed by atoms with Crippen molar-refractivity contribution in [2.24, 2.45) is 0 Å². The van der Waals surface area contributed by atoms with E-state index in [4.69, 9.17) is 13.9 Å². The molecule has 0 spiro atoms. The first-order chi connectivity index (χ1) is 12.6. The molecular weight excluding hydrogens is 332 g/mol. The summed E-state index contributed by atoms with van der Waals surface area (Å²) < 4.78 is 16.2. The summed E-state index contributed by atoms with van der Waals surface area (Å²) in [6, 6.07) is 9.77. The van der Waals surface area contributed by atoms with Crippen LogP contribution in [0.3, 0.4) is 0 Å². The monoisotopic (exact) mass is 358 g/mol. The molecule has 1 fully saturated rings. The summed E-state index contributed by atoms with van der Waals surface area (Å²) in [4.78, 5) is 16.6. The van der Waals surface area contributed by atoms with Gasteiger partial charge < -0.3 is 18.8 Å². The lowest BCUT2D eigenvalue weighted by Crippen LogP contribution is -2.37. The van der Waals surface area contributed by atoms with Gasteiger partial charge in [-0.05, 0) is 37.6 Å². The summed E-state index contributed by atoms with van der Waals surface area (Å²) in [5, 5.41) is 0. The largest absolute Gasteiger partial charge is 0.497 e. The van der Waals surface area contributed by atoms with Gasteiger partial charge in [-0.2, -0.15) is 0 Å². The predicted octanol–water partition coefficient (Wildman–Crippen LogP) is 3.09. The van der Waals surface area contributed by atoms with Crippen molar-refractivity contribution in [3.05, 3.63) is 47.9 Å². The molecule has 1 aliphatic heterocycles. The minimum atomic E-state index is 0.0841. The molecule has 140 valence electrons. The molecule has 2 heterocycles. The van der Waals surface area contributed by atoms with Gasteiger partial charge in [0.2, 0.25) is 5.91 Å². The summed E-state index contributed by atoms with van der Waals surface area (Å²) in [5.74, 6) is 2.44. The number of carbonyl (C=O) groups is 1. The summed E-state index contributed by atoms with van der Waals surface area (Å²) in [7, 11) is 5.12. The second kappa shape index (κ2) is 8.27. The van der Waals surface area contributed by atoms with E-state index in [1.807, 2.05) is 37.4 Å². The van der Waals surface area contributed by atoms with Crippen LogP contribution in [0, 0.1) is 0 Å². The number of furan rings is 1. The number of benzene rings is 1. The molecular formula is C20H26N2O4. The molecule has 26 heavy (non-hydrogen) atoms. The Bertz CT molecular complexity index is 729. The fourth-order valence-electron chi connectivity index (χ4n) is 3.48. The minimum Gasteiger partial charge on any atom is -0.497 e. The van der Waals surface area contributed by atoms with Gasteiger partial charge in [-0.3, -0.25) is 9.69 Å². The molecule has 0 radical (unpaired) electrons. The van der Waals surface area contributed by atoms with Crippen LogP contribution in [0.5, 0.6) is 11.5 Å². The molecule has 1 aromatic heterocycles. The second-order valence-electron chi connectivity index (χ2n) is 6.57. The molecule has 1 aliphatic rings. The van der Waals surface area contributed by atoms with Crippen LogP contribution in [0.25, 0.3) is 0 Å². The molecule has 1 unspecified atom stereocenters. The molecule has 6 heteroatoms. The zero-order valence-electron chi connectivity index (χ0n) is 15.6. The van der Waals surface area contributed by atoms with Crippen molar-refractivity contribution in [2.45, 2.75) is 25.4 Å². The van der Waals surface area contributed by atoms with E-state index < -0.39 is 0 Å². The average molecular weight is 358 g/mol. The third-order valence-corrected chi connectivity index (χ3v) is 4.90. The van der Waals surface area contributed by atoms with Crippen LogP contribution in [-0.2, 0) is 11.3 Å². The van der Waals surface area contributed by atoms with Gasteiger partial charge in [0.1, 0.15) is 17.3 Å². The Hall–Kier alpha value is -2.47. The number of rotatable bonds is 7. The third-order valence-electron chi connectivity index (χ3n) is 4.90. The van der Waals surface area contributed by atoms with E-state index in [2.05, 4.69) is 4.90 Å². The van der Waals surface area contributed by atoms with E-state index in [9.17, 15) is 4.79 Å². The number of hydrogen-bond acceptors (Lipinski definition) is 5. The predicted molar refractivity (Wildman–Crippen MR) is 98.3 cm³/mol. The highest BCUT2D eigenvalue weighted by Crippen LogP contribution is 2.38. The van der Waals surface area contributed by atoms with E-state index in [-0.39, 0.29) is 11.9 Å². The van der Waals surface area contributed by atoms with Crippen molar-refractivity contribution in [3.8, 4) is 11.5 Å². The van der Waals surface area contributed by atoms with Crippen molar-refractivity contribution < 1.29 is 18.7 Å². The fraction of sp³-hybridized carbons (Fsp3) is 0.450. The van der Waals surface area contributed by atoms with Gasteiger partial charge >= 0.3 is 0 Å². The van der Waals surface area contributed by atoms with E-state index in [0.717, 1.165) is 42.2 Å². The molecule has 0 bridgehead atoms. The smallest absolute Gasteiger partial charge is 0.236 e. The van der Waals surface area contributed by atoms with Crippen LogP contribution in [0.15, 0.2) is 41.0 Å². The number of ether oxygens (including phenoxy) is 2. The van der Waals surface area contributed by atoms with E-state index in [1.54, 1.807) is 25.4 Å². The zero-order chi connectivity index (χ0) is 18.5. The Kier molecular flexibility index (Phi) is 5.83. The number of carbonyl (C=O) groups excluding carboxylic acids is 1. The maximum Gasteiger partial charge on any atom is 0.236 e. The van der Waals surface area contributed by atoms with Crippen LogP contribution in [0.2, 0.25) is 0 Å². The minimum absolute atomic E-state index is 0.0841. The van der Waals surface area contributed by atoms with E-state index in [1.165, 1.54) is 0 Å². The maximum absolute atomic E-state index is 12.6. The fourth-order valence-corrected chi connectivity index (χ4v) is 3.48. The van der Waals surface area contributed by atoms with Crippen molar-refractivity contribution >= 4 is 5.91 Å². The van der Waals surface area contributed by atoms with E-state index in [0.29, 0.717) is 13.1 Å². The number of methoxy groups -OCH3 is 2. The summed E-state index contributed by atoms with van der Waals surface area (Å²) >= 11 is 0. The molecule has 1 atom stereocenters. The molecule has 1 aromatic carbocycles. The highest BCUT2D eigenvalue weighted by atomic mass is 16.5. The number of likely N-dealkylation sites (N-methyl/N-ethyl adjacent to an activating group) is 1. The van der Waals surface area contributed by atoms with Gasteiger partial charge in [-0.15, -0.1) is 0 Å². The van der Waals surface area contributed by atoms with Crippen molar-refractivity contribution in [2.75, 3.05) is 34.4 Å². The maximum atomic E-state index is 12.6. The molecule has 1 amide bonds.